The number of benzene rings is 1. The molecule has 0 saturated heterocycles. The van der Waals surface area contributed by atoms with Gasteiger partial charge in [0.15, 0.2) is 0 Å². The fraction of sp³-hybridized carbons (Fsp3) is 0.0909. The molecule has 0 atom stereocenters. The van der Waals surface area contributed by atoms with Crippen LogP contribution in [0.5, 0.6) is 0 Å². The van der Waals surface area contributed by atoms with Gasteiger partial charge in [-0.1, -0.05) is 0 Å². The van der Waals surface area contributed by atoms with Crippen molar-refractivity contribution in [3.8, 4) is 0 Å². The Balaban J connectivity index is 2.64. The van der Waals surface area contributed by atoms with Crippen molar-refractivity contribution < 1.29 is 8.83 Å². The van der Waals surface area contributed by atoms with Crippen molar-refractivity contribution in [2.75, 3.05) is 0 Å². The molecule has 1 aromatic carbocycles. The van der Waals surface area contributed by atoms with Crippen LogP contribution in [-0.2, 0) is 0 Å². The molecule has 64 valence electrons. The lowest BCUT2D eigenvalue weighted by Crippen LogP contribution is -1.64. The summed E-state index contributed by atoms with van der Waals surface area (Å²) in [5.74, 6) is 0.934. The van der Waals surface area contributed by atoms with E-state index in [9.17, 15) is 0 Å². The lowest BCUT2D eigenvalue weighted by atomic mass is 10.2. The second kappa shape index (κ2) is 2.16. The van der Waals surface area contributed by atoms with Crippen molar-refractivity contribution in [1.82, 2.24) is 0 Å². The van der Waals surface area contributed by atoms with E-state index in [1.165, 1.54) is 0 Å². The third kappa shape index (κ3) is 0.827. The molecule has 0 aliphatic carbocycles. The molecule has 0 aliphatic rings. The minimum atomic E-state index is 0.910. The summed E-state index contributed by atoms with van der Waals surface area (Å²) in [6, 6.07) is 7.87. The summed E-state index contributed by atoms with van der Waals surface area (Å²) in [6.07, 6.45) is 1.70. The van der Waals surface area contributed by atoms with Gasteiger partial charge in [0.25, 0.3) is 0 Å². The van der Waals surface area contributed by atoms with Gasteiger partial charge in [0.05, 0.1) is 6.26 Å². The van der Waals surface area contributed by atoms with Crippen molar-refractivity contribution in [2.45, 2.75) is 6.92 Å². The summed E-state index contributed by atoms with van der Waals surface area (Å²) >= 11 is 0. The van der Waals surface area contributed by atoms with Gasteiger partial charge in [-0.3, -0.25) is 0 Å². The Hall–Kier alpha value is -1.70. The minimum Gasteiger partial charge on any atom is -0.464 e. The summed E-state index contributed by atoms with van der Waals surface area (Å²) in [6.45, 7) is 1.95. The Kier molecular flexibility index (Phi) is 1.13. The molecule has 0 unspecified atom stereocenters. The number of furan rings is 2. The van der Waals surface area contributed by atoms with Gasteiger partial charge >= 0.3 is 0 Å². The monoisotopic (exact) mass is 172 g/mol. The van der Waals surface area contributed by atoms with E-state index in [2.05, 4.69) is 0 Å². The fourth-order valence-corrected chi connectivity index (χ4v) is 1.69. The highest BCUT2D eigenvalue weighted by atomic mass is 16.3. The second-order valence-corrected chi connectivity index (χ2v) is 3.17. The van der Waals surface area contributed by atoms with Crippen molar-refractivity contribution in [3.63, 3.8) is 0 Å². The van der Waals surface area contributed by atoms with Gasteiger partial charge in [0, 0.05) is 10.8 Å². The third-order valence-corrected chi connectivity index (χ3v) is 2.26. The molecule has 0 radical (unpaired) electrons. The number of hydrogen-bond acceptors (Lipinski definition) is 2. The fourth-order valence-electron chi connectivity index (χ4n) is 1.69. The van der Waals surface area contributed by atoms with Gasteiger partial charge in [0.1, 0.15) is 16.9 Å². The third-order valence-electron chi connectivity index (χ3n) is 2.26. The Morgan fingerprint density at radius 1 is 1.00 bits per heavy atom. The van der Waals surface area contributed by atoms with Crippen LogP contribution in [0.25, 0.3) is 21.9 Å². The lowest BCUT2D eigenvalue weighted by Gasteiger charge is -1.88. The molecule has 2 heterocycles. The number of rotatable bonds is 0. The van der Waals surface area contributed by atoms with Crippen LogP contribution in [0, 0.1) is 6.92 Å². The Bertz CT molecular complexity index is 572. The molecule has 0 N–H and O–H groups in total. The van der Waals surface area contributed by atoms with E-state index >= 15 is 0 Å². The smallest absolute Gasteiger partial charge is 0.135 e. The van der Waals surface area contributed by atoms with Crippen LogP contribution < -0.4 is 0 Å². The maximum absolute atomic E-state index is 5.50. The molecular weight excluding hydrogens is 164 g/mol. The van der Waals surface area contributed by atoms with Crippen LogP contribution in [0.2, 0.25) is 0 Å². The Labute approximate surface area is 74.7 Å². The Morgan fingerprint density at radius 3 is 2.77 bits per heavy atom. The predicted molar refractivity (Wildman–Crippen MR) is 50.7 cm³/mol. The van der Waals surface area contributed by atoms with E-state index in [-0.39, 0.29) is 0 Å². The van der Waals surface area contributed by atoms with Gasteiger partial charge in [0.2, 0.25) is 0 Å². The summed E-state index contributed by atoms with van der Waals surface area (Å²) in [4.78, 5) is 0. The maximum Gasteiger partial charge on any atom is 0.135 e. The number of aryl methyl sites for hydroxylation is 1. The molecule has 0 fully saturated rings. The minimum absolute atomic E-state index is 0.910. The first-order valence-electron chi connectivity index (χ1n) is 4.21. The normalized spacial score (nSPS) is 11.5. The van der Waals surface area contributed by atoms with Crippen molar-refractivity contribution >= 4 is 21.9 Å². The molecule has 0 spiro atoms. The number of hydrogen-bond donors (Lipinski definition) is 0. The summed E-state index contributed by atoms with van der Waals surface area (Å²) in [7, 11) is 0. The van der Waals surface area contributed by atoms with Gasteiger partial charge in [-0.2, -0.15) is 0 Å². The van der Waals surface area contributed by atoms with Crippen LogP contribution in [0.3, 0.4) is 0 Å². The average molecular weight is 172 g/mol. The van der Waals surface area contributed by atoms with Gasteiger partial charge in [-0.05, 0) is 31.2 Å². The highest BCUT2D eigenvalue weighted by molar-refractivity contribution is 6.03. The van der Waals surface area contributed by atoms with Crippen molar-refractivity contribution in [1.29, 1.82) is 0 Å². The highest BCUT2D eigenvalue weighted by Crippen LogP contribution is 2.28. The first-order valence-corrected chi connectivity index (χ1v) is 4.21. The molecule has 0 saturated carbocycles. The number of fused-ring (bicyclic) bond motifs is 3. The lowest BCUT2D eigenvalue weighted by molar-refractivity contribution is 0.578. The van der Waals surface area contributed by atoms with Gasteiger partial charge < -0.3 is 8.83 Å². The standard InChI is InChI=1S/C11H8O2/c1-7-6-9-8-4-5-12-10(8)2-3-11(9)13-7/h2-6H,1H3. The van der Waals surface area contributed by atoms with Crippen LogP contribution in [0.15, 0.2) is 39.4 Å². The highest BCUT2D eigenvalue weighted by Gasteiger charge is 2.05. The second-order valence-electron chi connectivity index (χ2n) is 3.17. The van der Waals surface area contributed by atoms with E-state index in [1.54, 1.807) is 6.26 Å². The van der Waals surface area contributed by atoms with E-state index in [0.29, 0.717) is 0 Å². The zero-order chi connectivity index (χ0) is 8.84. The summed E-state index contributed by atoms with van der Waals surface area (Å²) in [5, 5.41) is 2.25. The van der Waals surface area contributed by atoms with Crippen molar-refractivity contribution in [3.05, 3.63) is 36.3 Å². The largest absolute Gasteiger partial charge is 0.464 e. The van der Waals surface area contributed by atoms with E-state index < -0.39 is 0 Å². The van der Waals surface area contributed by atoms with Gasteiger partial charge in [-0.15, -0.1) is 0 Å². The molecule has 0 amide bonds. The van der Waals surface area contributed by atoms with E-state index in [1.807, 2.05) is 31.2 Å². The molecule has 3 rings (SSSR count). The molecule has 2 heteroatoms. The van der Waals surface area contributed by atoms with Crippen molar-refractivity contribution in [2.24, 2.45) is 0 Å². The average Bonchev–Trinajstić information content (AvgIpc) is 2.65. The molecule has 13 heavy (non-hydrogen) atoms. The zero-order valence-corrected chi connectivity index (χ0v) is 7.20. The summed E-state index contributed by atoms with van der Waals surface area (Å²) < 4.78 is 10.8. The molecule has 2 aromatic heterocycles. The topological polar surface area (TPSA) is 26.3 Å². The zero-order valence-electron chi connectivity index (χ0n) is 7.20. The van der Waals surface area contributed by atoms with Gasteiger partial charge in [-0.25, -0.2) is 0 Å². The first kappa shape index (κ1) is 6.78. The quantitative estimate of drug-likeness (QED) is 0.518. The molecular formula is C11H8O2. The Morgan fingerprint density at radius 2 is 1.85 bits per heavy atom. The molecule has 3 aromatic rings. The predicted octanol–water partition coefficient (Wildman–Crippen LogP) is 3.49. The van der Waals surface area contributed by atoms with Crippen LogP contribution in [-0.4, -0.2) is 0 Å². The van der Waals surface area contributed by atoms with Crippen LogP contribution in [0.1, 0.15) is 5.76 Å². The SMILES string of the molecule is Cc1cc2c(ccc3occc32)o1. The maximum atomic E-state index is 5.50. The van der Waals surface area contributed by atoms with E-state index in [4.69, 9.17) is 8.83 Å². The molecule has 2 nitrogen and oxygen atoms in total. The summed E-state index contributed by atoms with van der Waals surface area (Å²) in [5.41, 5.74) is 1.83. The molecule has 0 aliphatic heterocycles. The van der Waals surface area contributed by atoms with Crippen LogP contribution >= 0.6 is 0 Å². The first-order chi connectivity index (χ1) is 6.34. The molecule has 0 bridgehead atoms. The van der Waals surface area contributed by atoms with Crippen LogP contribution in [0.4, 0.5) is 0 Å². The van der Waals surface area contributed by atoms with E-state index in [0.717, 1.165) is 27.7 Å².